The van der Waals surface area contributed by atoms with Crippen LogP contribution in [0.3, 0.4) is 0 Å². The summed E-state index contributed by atoms with van der Waals surface area (Å²) in [5.74, 6) is 1.67. The lowest BCUT2D eigenvalue weighted by Gasteiger charge is -2.42. The van der Waals surface area contributed by atoms with Crippen LogP contribution in [0.2, 0.25) is 0 Å². The number of rotatable bonds is 7. The summed E-state index contributed by atoms with van der Waals surface area (Å²) in [7, 11) is 4.14. The minimum atomic E-state index is -0.299. The third-order valence-corrected chi connectivity index (χ3v) is 8.86. The summed E-state index contributed by atoms with van der Waals surface area (Å²) >= 11 is 0. The summed E-state index contributed by atoms with van der Waals surface area (Å²) in [6, 6.07) is 6.56. The maximum absolute atomic E-state index is 12.5. The van der Waals surface area contributed by atoms with Crippen LogP contribution >= 0.6 is 0 Å². The smallest absolute Gasteiger partial charge is 0.320 e. The number of fused-ring (bicyclic) bond motifs is 2. The molecule has 3 aromatic rings. The van der Waals surface area contributed by atoms with Gasteiger partial charge in [-0.15, -0.1) is 0 Å². The molecule has 5 heterocycles. The molecule has 0 bridgehead atoms. The van der Waals surface area contributed by atoms with Crippen molar-refractivity contribution in [1.82, 2.24) is 30.0 Å². The number of piperazine rings is 1. The maximum Gasteiger partial charge on any atom is 0.320 e. The Morgan fingerprint density at radius 3 is 2.83 bits per heavy atom. The number of amides is 1. The third-order valence-electron chi connectivity index (χ3n) is 8.86. The second-order valence-electron chi connectivity index (χ2n) is 11.3. The molecule has 1 N–H and O–H groups in total. The van der Waals surface area contributed by atoms with E-state index in [1.807, 2.05) is 19.3 Å². The van der Waals surface area contributed by atoms with E-state index in [9.17, 15) is 10.1 Å². The van der Waals surface area contributed by atoms with Crippen molar-refractivity contribution in [1.29, 1.82) is 5.26 Å². The van der Waals surface area contributed by atoms with Crippen LogP contribution in [0.4, 0.5) is 11.6 Å². The van der Waals surface area contributed by atoms with Gasteiger partial charge in [-0.2, -0.15) is 20.3 Å². The van der Waals surface area contributed by atoms with Gasteiger partial charge in [0.25, 0.3) is 0 Å². The number of aromatic nitrogens is 4. The van der Waals surface area contributed by atoms with Crippen molar-refractivity contribution < 1.29 is 14.3 Å². The van der Waals surface area contributed by atoms with E-state index in [2.05, 4.69) is 57.6 Å². The molecule has 1 amide bonds. The zero-order valence-electron chi connectivity index (χ0n) is 24.4. The first-order valence-electron chi connectivity index (χ1n) is 14.5. The van der Waals surface area contributed by atoms with Crippen LogP contribution in [0.1, 0.15) is 36.4 Å². The van der Waals surface area contributed by atoms with Crippen molar-refractivity contribution in [3.05, 3.63) is 42.1 Å². The van der Waals surface area contributed by atoms with Gasteiger partial charge in [0.2, 0.25) is 11.7 Å². The monoisotopic (exact) mass is 571 g/mol. The highest BCUT2D eigenvalue weighted by Crippen LogP contribution is 2.45. The molecule has 1 aromatic carbocycles. The quantitative estimate of drug-likeness (QED) is 0.423. The Bertz CT molecular complexity index is 1530. The number of likely N-dealkylation sites (tertiary alicyclic amines) is 1. The molecule has 3 aliphatic rings. The molecule has 220 valence electrons. The highest BCUT2D eigenvalue weighted by Gasteiger charge is 2.37. The fourth-order valence-corrected chi connectivity index (χ4v) is 6.44. The Labute approximate surface area is 245 Å². The van der Waals surface area contributed by atoms with Gasteiger partial charge in [0, 0.05) is 38.1 Å². The normalized spacial score (nSPS) is 22.5. The number of carbonyl (C=O) groups is 1. The molecule has 1 unspecified atom stereocenters. The molecule has 42 heavy (non-hydrogen) atoms. The van der Waals surface area contributed by atoms with E-state index in [1.54, 1.807) is 4.90 Å². The van der Waals surface area contributed by atoms with Gasteiger partial charge in [-0.25, -0.2) is 0 Å². The number of nitrogens with one attached hydrogen (secondary N) is 1. The number of hydrogen-bond donors (Lipinski definition) is 1. The Morgan fingerprint density at radius 2 is 2.07 bits per heavy atom. The topological polar surface area (TPSA) is 127 Å². The zero-order valence-corrected chi connectivity index (χ0v) is 24.4. The highest BCUT2D eigenvalue weighted by molar-refractivity contribution is 5.87. The van der Waals surface area contributed by atoms with Crippen molar-refractivity contribution in [2.75, 3.05) is 63.3 Å². The number of anilines is 2. The number of benzene rings is 1. The molecule has 0 saturated carbocycles. The van der Waals surface area contributed by atoms with Crippen LogP contribution in [0.5, 0.6) is 11.8 Å². The fourth-order valence-electron chi connectivity index (χ4n) is 6.44. The molecule has 12 heteroatoms. The van der Waals surface area contributed by atoms with Crippen LogP contribution in [-0.2, 0) is 4.79 Å². The maximum atomic E-state index is 12.5. The molecule has 0 aliphatic carbocycles. The standard InChI is InChI=1S/C30H37N9O3/c1-5-25(40)39-14-13-38(16-20(39)10-11-31)29-27-28(33-30(34-29)42-17-21-7-6-12-36(21)3)37(4)24(18-41-27)26-19(2)8-9-23-22(26)15-32-35-23/h5,8-9,15,20-21,24H,1,6-7,10,12-14,16-18H2,2-4H3,(H,32,35)/t20-,21-,24?/m0/s1. The average molecular weight is 572 g/mol. The van der Waals surface area contributed by atoms with Gasteiger partial charge in [0.1, 0.15) is 13.2 Å². The van der Waals surface area contributed by atoms with Crippen molar-refractivity contribution in [2.24, 2.45) is 0 Å². The lowest BCUT2D eigenvalue weighted by molar-refractivity contribution is -0.128. The minimum absolute atomic E-state index is 0.108. The van der Waals surface area contributed by atoms with Gasteiger partial charge in [-0.05, 0) is 56.6 Å². The average Bonchev–Trinajstić information content (AvgIpc) is 3.65. The van der Waals surface area contributed by atoms with Crippen LogP contribution in [0.15, 0.2) is 31.0 Å². The molecule has 0 radical (unpaired) electrons. The van der Waals surface area contributed by atoms with E-state index in [1.165, 1.54) is 6.08 Å². The molecular formula is C30H37N9O3. The van der Waals surface area contributed by atoms with E-state index in [-0.39, 0.29) is 24.4 Å². The largest absolute Gasteiger partial charge is 0.484 e. The van der Waals surface area contributed by atoms with Crippen LogP contribution in [0, 0.1) is 18.3 Å². The minimum Gasteiger partial charge on any atom is -0.484 e. The number of nitriles is 1. The van der Waals surface area contributed by atoms with Crippen molar-refractivity contribution in [3.63, 3.8) is 0 Å². The van der Waals surface area contributed by atoms with Gasteiger partial charge in [0.15, 0.2) is 11.6 Å². The summed E-state index contributed by atoms with van der Waals surface area (Å²) in [5, 5.41) is 17.9. The Kier molecular flexibility index (Phi) is 7.60. The molecule has 2 saturated heterocycles. The first-order valence-corrected chi connectivity index (χ1v) is 14.5. The van der Waals surface area contributed by atoms with Gasteiger partial charge in [-0.3, -0.25) is 9.89 Å². The molecule has 12 nitrogen and oxygen atoms in total. The number of H-pyrrole nitrogens is 1. The first-order chi connectivity index (χ1) is 20.4. The fraction of sp³-hybridized carbons (Fsp3) is 0.500. The Morgan fingerprint density at radius 1 is 1.24 bits per heavy atom. The second kappa shape index (κ2) is 11.5. The number of nitrogens with zero attached hydrogens (tertiary/aromatic N) is 8. The number of aryl methyl sites for hydroxylation is 1. The molecule has 2 aromatic heterocycles. The van der Waals surface area contributed by atoms with Crippen LogP contribution < -0.4 is 19.3 Å². The summed E-state index contributed by atoms with van der Waals surface area (Å²) in [5.41, 5.74) is 3.25. The molecule has 6 rings (SSSR count). The van der Waals surface area contributed by atoms with Crippen LogP contribution in [0.25, 0.3) is 10.9 Å². The predicted octanol–water partition coefficient (Wildman–Crippen LogP) is 2.82. The molecule has 3 atom stereocenters. The van der Waals surface area contributed by atoms with Gasteiger partial charge >= 0.3 is 6.01 Å². The van der Waals surface area contributed by atoms with Crippen LogP contribution in [-0.4, -0.2) is 101 Å². The molecule has 0 spiro atoms. The van der Waals surface area contributed by atoms with E-state index in [0.717, 1.165) is 41.4 Å². The van der Waals surface area contributed by atoms with Gasteiger partial charge in [-0.1, -0.05) is 12.6 Å². The lowest BCUT2D eigenvalue weighted by Crippen LogP contribution is -2.55. The number of likely N-dealkylation sites (N-methyl/N-ethyl adjacent to an activating group) is 2. The number of hydrogen-bond acceptors (Lipinski definition) is 10. The Hall–Kier alpha value is -4.37. The van der Waals surface area contributed by atoms with Gasteiger partial charge < -0.3 is 29.1 Å². The molecule has 2 fully saturated rings. The summed E-state index contributed by atoms with van der Waals surface area (Å²) < 4.78 is 12.8. The van der Waals surface area contributed by atoms with E-state index in [4.69, 9.17) is 19.4 Å². The first kappa shape index (κ1) is 27.8. The van der Waals surface area contributed by atoms with Crippen molar-refractivity contribution >= 4 is 28.4 Å². The zero-order chi connectivity index (χ0) is 29.4. The van der Waals surface area contributed by atoms with Crippen molar-refractivity contribution in [3.8, 4) is 17.8 Å². The third kappa shape index (κ3) is 4.98. The number of carbonyl (C=O) groups excluding carboxylic acids is 1. The van der Waals surface area contributed by atoms with E-state index >= 15 is 0 Å². The summed E-state index contributed by atoms with van der Waals surface area (Å²) in [6.07, 6.45) is 5.59. The van der Waals surface area contributed by atoms with Gasteiger partial charge in [0.05, 0.1) is 36.3 Å². The number of ether oxygens (including phenoxy) is 2. The Balaban J connectivity index is 1.37. The molecule has 3 aliphatic heterocycles. The highest BCUT2D eigenvalue weighted by atomic mass is 16.5. The van der Waals surface area contributed by atoms with E-state index < -0.39 is 0 Å². The molecular weight excluding hydrogens is 534 g/mol. The summed E-state index contributed by atoms with van der Waals surface area (Å²) in [6.45, 7) is 9.09. The predicted molar refractivity (Wildman–Crippen MR) is 159 cm³/mol. The summed E-state index contributed by atoms with van der Waals surface area (Å²) in [4.78, 5) is 30.5. The number of aromatic amines is 1. The SMILES string of the molecule is C=CC(=O)N1CCN(c2nc(OC[C@@H]3CCCN3C)nc3c2OCC(c2c(C)ccc4[nH]ncc24)N3C)C[C@@H]1CC#N. The second-order valence-corrected chi connectivity index (χ2v) is 11.3. The van der Waals surface area contributed by atoms with Crippen molar-refractivity contribution in [2.45, 2.75) is 44.3 Å². The lowest BCUT2D eigenvalue weighted by atomic mass is 9.96. The van der Waals surface area contributed by atoms with E-state index in [0.29, 0.717) is 62.3 Å².